The summed E-state index contributed by atoms with van der Waals surface area (Å²) < 4.78 is 10.3. The highest BCUT2D eigenvalue weighted by atomic mass is 16.5. The third-order valence-corrected chi connectivity index (χ3v) is 4.09. The zero-order valence-corrected chi connectivity index (χ0v) is 12.9. The van der Waals surface area contributed by atoms with Gasteiger partial charge in [0.25, 0.3) is 0 Å². The minimum absolute atomic E-state index is 0.123. The molecule has 118 valence electrons. The first kappa shape index (κ1) is 15.0. The van der Waals surface area contributed by atoms with Crippen LogP contribution in [0.4, 0.5) is 0 Å². The topological polar surface area (TPSA) is 71.6 Å². The van der Waals surface area contributed by atoms with Gasteiger partial charge < -0.3 is 14.4 Å². The first-order valence-corrected chi connectivity index (χ1v) is 7.53. The fraction of sp³-hybridized carbons (Fsp3) is 0.500. The Bertz CT molecular complexity index is 629. The van der Waals surface area contributed by atoms with E-state index in [0.29, 0.717) is 18.3 Å². The Labute approximate surface area is 129 Å². The highest BCUT2D eigenvalue weighted by Crippen LogP contribution is 2.32. The monoisotopic (exact) mass is 303 g/mol. The second-order valence-corrected chi connectivity index (χ2v) is 5.62. The molecule has 0 saturated carbocycles. The van der Waals surface area contributed by atoms with Crippen molar-refractivity contribution in [2.24, 2.45) is 0 Å². The molecule has 6 nitrogen and oxygen atoms in total. The lowest BCUT2D eigenvalue weighted by molar-refractivity contribution is 0.103. The standard InChI is InChI=1S/C16H21N3O3/c1-11-17-16(18-22-11)14-7-4-8-19(14)10-15(20)12-5-3-6-13(9-12)21-2/h3,5-6,9,14-15,20H,4,7-8,10H2,1-2H3/t14-,15+/m1/s1. The van der Waals surface area contributed by atoms with E-state index >= 15 is 0 Å². The fourth-order valence-electron chi connectivity index (χ4n) is 2.96. The van der Waals surface area contributed by atoms with Gasteiger partial charge in [0.1, 0.15) is 5.75 Å². The maximum atomic E-state index is 10.5. The van der Waals surface area contributed by atoms with Gasteiger partial charge in [-0.2, -0.15) is 4.98 Å². The molecule has 1 N–H and O–H groups in total. The molecule has 1 fully saturated rings. The quantitative estimate of drug-likeness (QED) is 0.913. The predicted octanol–water partition coefficient (Wildman–Crippen LogP) is 2.26. The average molecular weight is 303 g/mol. The first-order chi connectivity index (χ1) is 10.7. The second kappa shape index (κ2) is 6.46. The van der Waals surface area contributed by atoms with Crippen LogP contribution in [0.15, 0.2) is 28.8 Å². The summed E-state index contributed by atoms with van der Waals surface area (Å²) in [4.78, 5) is 6.55. The van der Waals surface area contributed by atoms with Gasteiger partial charge in [0.2, 0.25) is 5.89 Å². The van der Waals surface area contributed by atoms with Crippen molar-refractivity contribution < 1.29 is 14.4 Å². The van der Waals surface area contributed by atoms with Crippen LogP contribution in [0.2, 0.25) is 0 Å². The Morgan fingerprint density at radius 3 is 3.09 bits per heavy atom. The SMILES string of the molecule is COc1cccc([C@@H](O)CN2CCC[C@@H]2c2noc(C)n2)c1. The summed E-state index contributed by atoms with van der Waals surface area (Å²) in [5, 5.41) is 14.5. The van der Waals surface area contributed by atoms with Crippen molar-refractivity contribution in [2.75, 3.05) is 20.2 Å². The maximum absolute atomic E-state index is 10.5. The van der Waals surface area contributed by atoms with Gasteiger partial charge in [-0.3, -0.25) is 4.90 Å². The number of hydrogen-bond donors (Lipinski definition) is 1. The fourth-order valence-corrected chi connectivity index (χ4v) is 2.96. The van der Waals surface area contributed by atoms with Gasteiger partial charge in [-0.1, -0.05) is 17.3 Å². The summed E-state index contributed by atoms with van der Waals surface area (Å²) in [5.41, 5.74) is 0.856. The van der Waals surface area contributed by atoms with Gasteiger partial charge >= 0.3 is 0 Å². The molecule has 0 bridgehead atoms. The molecule has 2 aromatic rings. The summed E-state index contributed by atoms with van der Waals surface area (Å²) in [5.74, 6) is 2.05. The van der Waals surface area contributed by atoms with Crippen LogP contribution in [0.25, 0.3) is 0 Å². The molecule has 0 aliphatic carbocycles. The summed E-state index contributed by atoms with van der Waals surface area (Å²) in [7, 11) is 1.63. The molecule has 1 aromatic heterocycles. The van der Waals surface area contributed by atoms with Crippen molar-refractivity contribution in [3.63, 3.8) is 0 Å². The van der Waals surface area contributed by atoms with E-state index in [4.69, 9.17) is 9.26 Å². The van der Waals surface area contributed by atoms with Crippen molar-refractivity contribution in [3.05, 3.63) is 41.5 Å². The number of ether oxygens (including phenoxy) is 1. The average Bonchev–Trinajstić information content (AvgIpc) is 3.16. The first-order valence-electron chi connectivity index (χ1n) is 7.53. The second-order valence-electron chi connectivity index (χ2n) is 5.62. The van der Waals surface area contributed by atoms with E-state index in [1.165, 1.54) is 0 Å². The predicted molar refractivity (Wildman–Crippen MR) is 80.5 cm³/mol. The lowest BCUT2D eigenvalue weighted by atomic mass is 10.1. The number of aliphatic hydroxyl groups is 1. The third-order valence-electron chi connectivity index (χ3n) is 4.09. The molecule has 1 aromatic carbocycles. The molecule has 1 aliphatic rings. The molecule has 2 heterocycles. The van der Waals surface area contributed by atoms with Crippen LogP contribution in [0.1, 0.15) is 42.3 Å². The van der Waals surface area contributed by atoms with Gasteiger partial charge in [-0.15, -0.1) is 0 Å². The van der Waals surface area contributed by atoms with Crippen LogP contribution in [-0.4, -0.2) is 40.3 Å². The highest BCUT2D eigenvalue weighted by molar-refractivity contribution is 5.30. The molecule has 1 aliphatic heterocycles. The Hall–Kier alpha value is -1.92. The van der Waals surface area contributed by atoms with Crippen molar-refractivity contribution in [2.45, 2.75) is 31.9 Å². The van der Waals surface area contributed by atoms with Crippen LogP contribution >= 0.6 is 0 Å². The summed E-state index contributed by atoms with van der Waals surface area (Å²) >= 11 is 0. The van der Waals surface area contributed by atoms with Crippen LogP contribution in [0.3, 0.4) is 0 Å². The van der Waals surface area contributed by atoms with Gasteiger partial charge in [-0.05, 0) is 37.1 Å². The van der Waals surface area contributed by atoms with E-state index in [1.807, 2.05) is 24.3 Å². The number of rotatable bonds is 5. The molecule has 0 radical (unpaired) electrons. The van der Waals surface area contributed by atoms with Crippen LogP contribution in [0, 0.1) is 6.92 Å². The molecular weight excluding hydrogens is 282 g/mol. The minimum Gasteiger partial charge on any atom is -0.497 e. The molecular formula is C16H21N3O3. The summed E-state index contributed by atoms with van der Waals surface area (Å²) in [6.07, 6.45) is 1.50. The number of nitrogens with zero attached hydrogens (tertiary/aromatic N) is 3. The lowest BCUT2D eigenvalue weighted by Crippen LogP contribution is -2.29. The third kappa shape index (κ3) is 3.13. The van der Waals surface area contributed by atoms with Crippen molar-refractivity contribution >= 4 is 0 Å². The van der Waals surface area contributed by atoms with E-state index in [9.17, 15) is 5.11 Å². The zero-order valence-electron chi connectivity index (χ0n) is 12.9. The molecule has 1 saturated heterocycles. The number of likely N-dealkylation sites (tertiary alicyclic amines) is 1. The van der Waals surface area contributed by atoms with E-state index in [0.717, 1.165) is 30.7 Å². The van der Waals surface area contributed by atoms with E-state index in [-0.39, 0.29) is 6.04 Å². The minimum atomic E-state index is -0.566. The van der Waals surface area contributed by atoms with Gasteiger partial charge in [0.05, 0.1) is 19.3 Å². The number of aromatic nitrogens is 2. The van der Waals surface area contributed by atoms with Gasteiger partial charge in [0.15, 0.2) is 5.82 Å². The molecule has 3 rings (SSSR count). The van der Waals surface area contributed by atoms with E-state index in [1.54, 1.807) is 14.0 Å². The van der Waals surface area contributed by atoms with Gasteiger partial charge in [-0.25, -0.2) is 0 Å². The number of aryl methyl sites for hydroxylation is 1. The number of methoxy groups -OCH3 is 1. The van der Waals surface area contributed by atoms with Crippen LogP contribution in [-0.2, 0) is 0 Å². The lowest BCUT2D eigenvalue weighted by Gasteiger charge is -2.25. The normalized spacial score (nSPS) is 20.2. The molecule has 22 heavy (non-hydrogen) atoms. The highest BCUT2D eigenvalue weighted by Gasteiger charge is 2.31. The zero-order chi connectivity index (χ0) is 15.5. The molecule has 0 unspecified atom stereocenters. The molecule has 0 spiro atoms. The van der Waals surface area contributed by atoms with Crippen molar-refractivity contribution in [1.29, 1.82) is 0 Å². The Kier molecular flexibility index (Phi) is 4.40. The molecule has 6 heteroatoms. The number of aliphatic hydroxyl groups excluding tert-OH is 1. The Morgan fingerprint density at radius 1 is 1.50 bits per heavy atom. The smallest absolute Gasteiger partial charge is 0.223 e. The van der Waals surface area contributed by atoms with Crippen LogP contribution in [0.5, 0.6) is 5.75 Å². The van der Waals surface area contributed by atoms with E-state index in [2.05, 4.69) is 15.0 Å². The Balaban J connectivity index is 1.71. The number of β-amino-alcohol motifs (C(OH)–C–C–N with tert-alkyl or cyclic N) is 1. The van der Waals surface area contributed by atoms with Crippen molar-refractivity contribution in [1.82, 2.24) is 15.0 Å². The Morgan fingerprint density at radius 2 is 2.36 bits per heavy atom. The number of benzene rings is 1. The molecule has 2 atom stereocenters. The maximum Gasteiger partial charge on any atom is 0.223 e. The molecule has 0 amide bonds. The summed E-state index contributed by atoms with van der Waals surface area (Å²) in [6, 6.07) is 7.67. The number of hydrogen-bond acceptors (Lipinski definition) is 6. The van der Waals surface area contributed by atoms with Crippen molar-refractivity contribution in [3.8, 4) is 5.75 Å². The largest absolute Gasteiger partial charge is 0.497 e. The van der Waals surface area contributed by atoms with E-state index < -0.39 is 6.10 Å². The summed E-state index contributed by atoms with van der Waals surface area (Å²) in [6.45, 7) is 3.27. The van der Waals surface area contributed by atoms with Gasteiger partial charge in [0, 0.05) is 13.5 Å². The van der Waals surface area contributed by atoms with Crippen LogP contribution < -0.4 is 4.74 Å².